The molecular weight excluding hydrogens is 558 g/mol. The Morgan fingerprint density at radius 3 is 2.37 bits per heavy atom. The maximum absolute atomic E-state index is 14.8. The lowest BCUT2D eigenvalue weighted by molar-refractivity contribution is -0.149. The molecule has 1 spiro atoms. The Kier molecular flexibility index (Phi) is 10.5. The number of carbonyl (C=O) groups is 3. The normalized spacial score (nSPS) is 29.6. The lowest BCUT2D eigenvalue weighted by Gasteiger charge is -2.42. The molecule has 1 N–H and O–H groups in total. The molecule has 7 nitrogen and oxygen atoms in total. The topological polar surface area (TPSA) is 81.2 Å². The van der Waals surface area contributed by atoms with Gasteiger partial charge in [0.2, 0.25) is 17.7 Å². The van der Waals surface area contributed by atoms with Gasteiger partial charge in [-0.15, -0.1) is 24.9 Å². The van der Waals surface area contributed by atoms with Crippen LogP contribution in [0.25, 0.3) is 0 Å². The van der Waals surface area contributed by atoms with Crippen LogP contribution in [0, 0.1) is 17.8 Å². The highest BCUT2D eigenvalue weighted by molar-refractivity contribution is 8.02. The zero-order valence-corrected chi connectivity index (χ0v) is 27.5. The van der Waals surface area contributed by atoms with Gasteiger partial charge in [-0.2, -0.15) is 0 Å². The van der Waals surface area contributed by atoms with Crippen molar-refractivity contribution < 1.29 is 19.5 Å². The van der Waals surface area contributed by atoms with Crippen LogP contribution in [-0.4, -0.2) is 84.8 Å². The van der Waals surface area contributed by atoms with Gasteiger partial charge in [0.25, 0.3) is 0 Å². The van der Waals surface area contributed by atoms with Crippen LogP contribution in [0.5, 0.6) is 0 Å². The number of rotatable bonds is 15. The first-order valence-electron chi connectivity index (χ1n) is 16.0. The fraction of sp³-hybridized carbons (Fsp3) is 0.629. The fourth-order valence-corrected chi connectivity index (χ4v) is 10.3. The molecule has 3 aliphatic heterocycles. The Morgan fingerprint density at radius 2 is 1.79 bits per heavy atom. The second-order valence-corrected chi connectivity index (χ2v) is 14.9. The summed E-state index contributed by atoms with van der Waals surface area (Å²) in [5.41, 5.74) is 1.02. The van der Waals surface area contributed by atoms with Crippen LogP contribution in [0.2, 0.25) is 0 Å². The Morgan fingerprint density at radius 1 is 1.12 bits per heavy atom. The van der Waals surface area contributed by atoms with Gasteiger partial charge in [0, 0.05) is 30.4 Å². The summed E-state index contributed by atoms with van der Waals surface area (Å²) in [5.74, 6) is -1.52. The molecule has 4 rings (SSSR count). The van der Waals surface area contributed by atoms with Gasteiger partial charge >= 0.3 is 0 Å². The van der Waals surface area contributed by atoms with Crippen LogP contribution < -0.4 is 0 Å². The van der Waals surface area contributed by atoms with E-state index in [0.29, 0.717) is 26.1 Å². The van der Waals surface area contributed by atoms with E-state index in [-0.39, 0.29) is 36.3 Å². The van der Waals surface area contributed by atoms with E-state index in [1.807, 2.05) is 54.0 Å². The van der Waals surface area contributed by atoms with Crippen molar-refractivity contribution in [3.63, 3.8) is 0 Å². The smallest absolute Gasteiger partial charge is 0.247 e. The molecule has 8 atom stereocenters. The van der Waals surface area contributed by atoms with Crippen LogP contribution in [0.3, 0.4) is 0 Å². The van der Waals surface area contributed by atoms with Gasteiger partial charge in [0.1, 0.15) is 6.04 Å². The third kappa shape index (κ3) is 5.82. The van der Waals surface area contributed by atoms with E-state index < -0.39 is 33.4 Å². The van der Waals surface area contributed by atoms with Gasteiger partial charge in [0.05, 0.1) is 29.2 Å². The molecule has 3 aliphatic rings. The highest BCUT2D eigenvalue weighted by Gasteiger charge is 2.78. The van der Waals surface area contributed by atoms with Crippen LogP contribution >= 0.6 is 11.8 Å². The zero-order valence-electron chi connectivity index (χ0n) is 26.7. The number of fused-ring (bicyclic) bond motifs is 1. The Hall–Kier alpha value is -2.58. The van der Waals surface area contributed by atoms with E-state index in [0.717, 1.165) is 31.2 Å². The minimum absolute atomic E-state index is 0.0114. The Bertz CT molecular complexity index is 1190. The summed E-state index contributed by atoms with van der Waals surface area (Å²) in [6.45, 7) is 19.2. The summed E-state index contributed by atoms with van der Waals surface area (Å²) in [6, 6.07) is 8.61. The van der Waals surface area contributed by atoms with E-state index in [2.05, 4.69) is 33.9 Å². The number of carbonyl (C=O) groups excluding carboxylic acids is 3. The molecule has 0 saturated carbocycles. The summed E-state index contributed by atoms with van der Waals surface area (Å²) in [7, 11) is 0. The third-order valence-electron chi connectivity index (χ3n) is 10.3. The molecule has 1 aromatic rings. The summed E-state index contributed by atoms with van der Waals surface area (Å²) >= 11 is 1.69. The third-order valence-corrected chi connectivity index (χ3v) is 12.3. The number of benzene rings is 1. The molecule has 0 aliphatic carbocycles. The minimum Gasteiger partial charge on any atom is -0.394 e. The molecule has 3 heterocycles. The number of amides is 3. The Labute approximate surface area is 262 Å². The molecule has 236 valence electrons. The van der Waals surface area contributed by atoms with Crippen molar-refractivity contribution in [1.82, 2.24) is 14.7 Å². The van der Waals surface area contributed by atoms with E-state index >= 15 is 0 Å². The van der Waals surface area contributed by atoms with Crippen LogP contribution in [0.1, 0.15) is 72.3 Å². The van der Waals surface area contributed by atoms with E-state index in [4.69, 9.17) is 0 Å². The second-order valence-electron chi connectivity index (χ2n) is 13.0. The van der Waals surface area contributed by atoms with Crippen LogP contribution in [0.4, 0.5) is 0 Å². The molecule has 3 fully saturated rings. The van der Waals surface area contributed by atoms with Crippen molar-refractivity contribution in [2.75, 3.05) is 19.7 Å². The predicted octanol–water partition coefficient (Wildman–Crippen LogP) is 5.29. The first-order chi connectivity index (χ1) is 20.5. The summed E-state index contributed by atoms with van der Waals surface area (Å²) in [6.07, 6.45) is 7.45. The maximum Gasteiger partial charge on any atom is 0.247 e. The molecule has 8 heteroatoms. The highest BCUT2D eigenvalue weighted by Crippen LogP contribution is 2.72. The molecule has 2 bridgehead atoms. The summed E-state index contributed by atoms with van der Waals surface area (Å²) in [5, 5.41) is 10.7. The van der Waals surface area contributed by atoms with Gasteiger partial charge < -0.3 is 19.8 Å². The maximum atomic E-state index is 14.8. The van der Waals surface area contributed by atoms with Gasteiger partial charge in [-0.25, -0.2) is 0 Å². The Balaban J connectivity index is 1.82. The number of hydrogen-bond donors (Lipinski definition) is 1. The summed E-state index contributed by atoms with van der Waals surface area (Å²) < 4.78 is -1.20. The van der Waals surface area contributed by atoms with Crippen LogP contribution in [0.15, 0.2) is 55.6 Å². The largest absolute Gasteiger partial charge is 0.394 e. The van der Waals surface area contributed by atoms with Crippen molar-refractivity contribution in [2.45, 2.75) is 101 Å². The molecule has 3 saturated heterocycles. The second kappa shape index (κ2) is 13.6. The highest BCUT2D eigenvalue weighted by atomic mass is 32.2. The zero-order chi connectivity index (χ0) is 31.5. The number of thioether (sulfide) groups is 1. The fourth-order valence-electron chi connectivity index (χ4n) is 7.94. The lowest BCUT2D eigenvalue weighted by Crippen LogP contribution is -2.59. The minimum atomic E-state index is -0.748. The van der Waals surface area contributed by atoms with Gasteiger partial charge in [-0.05, 0) is 44.6 Å². The molecule has 3 amide bonds. The lowest BCUT2D eigenvalue weighted by atomic mass is 9.66. The van der Waals surface area contributed by atoms with Crippen molar-refractivity contribution in [1.29, 1.82) is 0 Å². The van der Waals surface area contributed by atoms with Crippen molar-refractivity contribution in [3.8, 4) is 0 Å². The molecule has 3 unspecified atom stereocenters. The standard InChI is InChI=1S/C35H51N3O4S/c1-8-15-25(6)37(21-10-3)33(42)30-35-19-18-34(7,43-35)28(29(35)32(41)38(30)27(23-39)24(5)11-4)31(40)36(20-9-2)22-26-16-13-12-14-17-26/h9-10,12-14,16-17,24-25,27-30,39H,2-3,8,11,15,18-23H2,1,4-7H3/t24-,25?,27-,28-,29-,30?,34+,35?/m0/s1. The SMILES string of the molecule is C=CCN(Cc1ccccc1)C(=O)[C@@H]1[C@H]2C(=O)N([C@@H](CO)[C@@H](C)CC)C(C(=O)N(CC=C)C(C)CCC)C23CC[C@@]1(C)S3. The number of aliphatic hydroxyl groups excluding tert-OH is 1. The molecular formula is C35H51N3O4S. The van der Waals surface area contributed by atoms with Gasteiger partial charge in [-0.1, -0.05) is 76.1 Å². The van der Waals surface area contributed by atoms with E-state index in [1.165, 1.54) is 0 Å². The number of likely N-dealkylation sites (tertiary alicyclic amines) is 1. The van der Waals surface area contributed by atoms with E-state index in [1.54, 1.807) is 28.8 Å². The molecule has 1 aromatic carbocycles. The van der Waals surface area contributed by atoms with Crippen LogP contribution in [-0.2, 0) is 20.9 Å². The monoisotopic (exact) mass is 609 g/mol. The quantitative estimate of drug-likeness (QED) is 0.273. The molecule has 43 heavy (non-hydrogen) atoms. The number of hydrogen-bond acceptors (Lipinski definition) is 5. The summed E-state index contributed by atoms with van der Waals surface area (Å²) in [4.78, 5) is 49.6. The number of aliphatic hydroxyl groups is 1. The van der Waals surface area contributed by atoms with Crippen molar-refractivity contribution >= 4 is 29.5 Å². The predicted molar refractivity (Wildman–Crippen MR) is 174 cm³/mol. The molecule has 0 aromatic heterocycles. The van der Waals surface area contributed by atoms with Gasteiger partial charge in [0.15, 0.2) is 0 Å². The van der Waals surface area contributed by atoms with Crippen molar-refractivity contribution in [3.05, 3.63) is 61.2 Å². The first-order valence-corrected chi connectivity index (χ1v) is 16.8. The van der Waals surface area contributed by atoms with Gasteiger partial charge in [-0.3, -0.25) is 14.4 Å². The van der Waals surface area contributed by atoms with Crippen molar-refractivity contribution in [2.24, 2.45) is 17.8 Å². The van der Waals surface area contributed by atoms with E-state index in [9.17, 15) is 19.5 Å². The number of nitrogens with zero attached hydrogens (tertiary/aromatic N) is 3. The first kappa shape index (κ1) is 33.3. The molecule has 0 radical (unpaired) electrons. The average Bonchev–Trinajstić information content (AvgIpc) is 3.56. The average molecular weight is 610 g/mol.